The molecule has 0 atom stereocenters. The van der Waals surface area contributed by atoms with Crippen molar-refractivity contribution in [3.05, 3.63) is 17.8 Å². The maximum absolute atomic E-state index is 8.97. The summed E-state index contributed by atoms with van der Waals surface area (Å²) in [7, 11) is 0.0601. The van der Waals surface area contributed by atoms with Crippen molar-refractivity contribution in [3.63, 3.8) is 0 Å². The molecule has 0 fully saturated rings. The molecule has 0 bridgehead atoms. The van der Waals surface area contributed by atoms with Gasteiger partial charge in [0.15, 0.2) is 0 Å². The number of hydrogen-bond acceptors (Lipinski definition) is 4. The fraction of sp³-hybridized carbons (Fsp3) is 0.375. The molecule has 1 heterocycles. The SMILES string of the molecule is CCc1nc(OC)ccc1B(O)O. The second-order valence-corrected chi connectivity index (χ2v) is 2.62. The van der Waals surface area contributed by atoms with Crippen LogP contribution in [0, 0.1) is 0 Å². The molecule has 0 saturated carbocycles. The van der Waals surface area contributed by atoms with Gasteiger partial charge in [0.05, 0.1) is 7.11 Å². The number of pyridine rings is 1. The van der Waals surface area contributed by atoms with Gasteiger partial charge in [0.25, 0.3) is 0 Å². The molecule has 4 nitrogen and oxygen atoms in total. The van der Waals surface area contributed by atoms with Gasteiger partial charge in [-0.15, -0.1) is 0 Å². The summed E-state index contributed by atoms with van der Waals surface area (Å²) in [6, 6.07) is 3.21. The van der Waals surface area contributed by atoms with Crippen LogP contribution in [0.4, 0.5) is 0 Å². The third-order valence-corrected chi connectivity index (χ3v) is 1.81. The molecule has 1 rings (SSSR count). The standard InChI is InChI=1S/C8H12BNO3/c1-3-7-6(9(11)12)4-5-8(10-7)13-2/h4-5,11-12H,3H2,1-2H3. The normalized spacial score (nSPS) is 9.85. The summed E-state index contributed by atoms with van der Waals surface area (Å²) in [5, 5.41) is 17.9. The Morgan fingerprint density at radius 1 is 1.46 bits per heavy atom. The highest BCUT2D eigenvalue weighted by molar-refractivity contribution is 6.59. The molecule has 1 aromatic heterocycles. The minimum Gasteiger partial charge on any atom is -0.481 e. The second-order valence-electron chi connectivity index (χ2n) is 2.62. The molecule has 0 aliphatic carbocycles. The van der Waals surface area contributed by atoms with E-state index in [0.29, 0.717) is 23.5 Å². The van der Waals surface area contributed by atoms with E-state index in [1.165, 1.54) is 7.11 Å². The van der Waals surface area contributed by atoms with Gasteiger partial charge in [0, 0.05) is 11.2 Å². The number of ether oxygens (including phenoxy) is 1. The maximum atomic E-state index is 8.97. The van der Waals surface area contributed by atoms with Crippen molar-refractivity contribution in [1.82, 2.24) is 4.98 Å². The number of aromatic nitrogens is 1. The van der Waals surface area contributed by atoms with Crippen molar-refractivity contribution in [2.75, 3.05) is 7.11 Å². The minimum atomic E-state index is -1.46. The Kier molecular flexibility index (Phi) is 3.28. The molecule has 2 N–H and O–H groups in total. The predicted octanol–water partition coefficient (Wildman–Crippen LogP) is -0.668. The van der Waals surface area contributed by atoms with E-state index in [-0.39, 0.29) is 0 Å². The van der Waals surface area contributed by atoms with E-state index < -0.39 is 7.12 Å². The molecular formula is C8H12BNO3. The summed E-state index contributed by atoms with van der Waals surface area (Å²) < 4.78 is 4.92. The van der Waals surface area contributed by atoms with Crippen molar-refractivity contribution >= 4 is 12.6 Å². The molecule has 0 spiro atoms. The Morgan fingerprint density at radius 2 is 2.15 bits per heavy atom. The van der Waals surface area contributed by atoms with Crippen LogP contribution in [0.15, 0.2) is 12.1 Å². The van der Waals surface area contributed by atoms with Crippen LogP contribution in [0.1, 0.15) is 12.6 Å². The van der Waals surface area contributed by atoms with Gasteiger partial charge >= 0.3 is 7.12 Å². The van der Waals surface area contributed by atoms with Crippen LogP contribution < -0.4 is 10.2 Å². The molecule has 0 unspecified atom stereocenters. The lowest BCUT2D eigenvalue weighted by molar-refractivity contribution is 0.396. The zero-order chi connectivity index (χ0) is 9.84. The molecule has 0 saturated heterocycles. The van der Waals surface area contributed by atoms with Crippen LogP contribution in [0.25, 0.3) is 0 Å². The molecule has 5 heteroatoms. The lowest BCUT2D eigenvalue weighted by atomic mass is 9.78. The average molecular weight is 181 g/mol. The van der Waals surface area contributed by atoms with Gasteiger partial charge in [0.2, 0.25) is 5.88 Å². The Morgan fingerprint density at radius 3 is 2.62 bits per heavy atom. The molecule has 70 valence electrons. The highest BCUT2D eigenvalue weighted by atomic mass is 16.5. The number of methoxy groups -OCH3 is 1. The second kappa shape index (κ2) is 4.25. The third kappa shape index (κ3) is 2.20. The van der Waals surface area contributed by atoms with Gasteiger partial charge < -0.3 is 14.8 Å². The molecule has 0 amide bonds. The summed E-state index contributed by atoms with van der Waals surface area (Å²) in [5.41, 5.74) is 1.08. The molecule has 0 aliphatic rings. The van der Waals surface area contributed by atoms with E-state index in [2.05, 4.69) is 4.98 Å². The monoisotopic (exact) mass is 181 g/mol. The van der Waals surface area contributed by atoms with E-state index >= 15 is 0 Å². The van der Waals surface area contributed by atoms with Gasteiger partial charge in [-0.2, -0.15) is 0 Å². The van der Waals surface area contributed by atoms with Gasteiger partial charge in [-0.1, -0.05) is 13.0 Å². The average Bonchev–Trinajstić information content (AvgIpc) is 2.16. The maximum Gasteiger partial charge on any atom is 0.490 e. The van der Waals surface area contributed by atoms with E-state index in [0.717, 1.165) is 0 Å². The molecule has 0 aliphatic heterocycles. The van der Waals surface area contributed by atoms with E-state index in [1.54, 1.807) is 12.1 Å². The first-order valence-electron chi connectivity index (χ1n) is 4.09. The van der Waals surface area contributed by atoms with Crippen molar-refractivity contribution in [2.45, 2.75) is 13.3 Å². The number of rotatable bonds is 3. The van der Waals surface area contributed by atoms with E-state index in [4.69, 9.17) is 14.8 Å². The van der Waals surface area contributed by atoms with Crippen LogP contribution in [-0.4, -0.2) is 29.3 Å². The zero-order valence-corrected chi connectivity index (χ0v) is 7.69. The summed E-state index contributed by atoms with van der Waals surface area (Å²) in [5.74, 6) is 0.487. The zero-order valence-electron chi connectivity index (χ0n) is 7.69. The molecular weight excluding hydrogens is 169 g/mol. The highest BCUT2D eigenvalue weighted by Gasteiger charge is 2.16. The van der Waals surface area contributed by atoms with Crippen molar-refractivity contribution in [2.24, 2.45) is 0 Å². The number of aryl methyl sites for hydroxylation is 1. The smallest absolute Gasteiger partial charge is 0.481 e. The van der Waals surface area contributed by atoms with Crippen LogP contribution in [0.5, 0.6) is 5.88 Å². The van der Waals surface area contributed by atoms with Crippen LogP contribution in [0.2, 0.25) is 0 Å². The van der Waals surface area contributed by atoms with Gasteiger partial charge in [0.1, 0.15) is 0 Å². The number of nitrogens with zero attached hydrogens (tertiary/aromatic N) is 1. The molecule has 13 heavy (non-hydrogen) atoms. The summed E-state index contributed by atoms with van der Waals surface area (Å²) in [4.78, 5) is 4.09. The van der Waals surface area contributed by atoms with Crippen LogP contribution >= 0.6 is 0 Å². The number of hydrogen-bond donors (Lipinski definition) is 2. The topological polar surface area (TPSA) is 62.6 Å². The van der Waals surface area contributed by atoms with E-state index in [9.17, 15) is 0 Å². The highest BCUT2D eigenvalue weighted by Crippen LogP contribution is 2.05. The summed E-state index contributed by atoms with van der Waals surface area (Å²) >= 11 is 0. The minimum absolute atomic E-state index is 0.434. The quantitative estimate of drug-likeness (QED) is 0.607. The van der Waals surface area contributed by atoms with Gasteiger partial charge in [-0.25, -0.2) is 4.98 Å². The Bertz CT molecular complexity index is 291. The molecule has 1 aromatic rings. The summed E-state index contributed by atoms with van der Waals surface area (Å²) in [6.07, 6.45) is 0.643. The molecule has 0 radical (unpaired) electrons. The Hall–Kier alpha value is -1.07. The van der Waals surface area contributed by atoms with Crippen molar-refractivity contribution < 1.29 is 14.8 Å². The van der Waals surface area contributed by atoms with Gasteiger partial charge in [-0.05, 0) is 12.5 Å². The van der Waals surface area contributed by atoms with E-state index in [1.807, 2.05) is 6.92 Å². The lowest BCUT2D eigenvalue weighted by Crippen LogP contribution is -2.33. The Balaban J connectivity index is 3.08. The first-order valence-corrected chi connectivity index (χ1v) is 4.09. The van der Waals surface area contributed by atoms with Crippen molar-refractivity contribution in [1.29, 1.82) is 0 Å². The third-order valence-electron chi connectivity index (χ3n) is 1.81. The molecule has 0 aromatic carbocycles. The predicted molar refractivity (Wildman–Crippen MR) is 50.0 cm³/mol. The van der Waals surface area contributed by atoms with Crippen LogP contribution in [0.3, 0.4) is 0 Å². The van der Waals surface area contributed by atoms with Gasteiger partial charge in [-0.3, -0.25) is 0 Å². The largest absolute Gasteiger partial charge is 0.490 e. The first-order chi connectivity index (χ1) is 6.19. The Labute approximate surface area is 77.3 Å². The summed E-state index contributed by atoms with van der Waals surface area (Å²) in [6.45, 7) is 1.90. The van der Waals surface area contributed by atoms with Crippen molar-refractivity contribution in [3.8, 4) is 5.88 Å². The lowest BCUT2D eigenvalue weighted by Gasteiger charge is -2.07. The first kappa shape index (κ1) is 10.0. The fourth-order valence-electron chi connectivity index (χ4n) is 1.12. The van der Waals surface area contributed by atoms with Crippen LogP contribution in [-0.2, 0) is 6.42 Å². The fourth-order valence-corrected chi connectivity index (χ4v) is 1.12.